The molecular formula is C16H17N3O2S. The first-order valence-corrected chi connectivity index (χ1v) is 7.66. The number of benzene rings is 1. The third kappa shape index (κ3) is 2.69. The number of fused-ring (bicyclic) bond motifs is 1. The van der Waals surface area contributed by atoms with Crippen LogP contribution in [0.15, 0.2) is 24.3 Å². The third-order valence-corrected chi connectivity index (χ3v) is 4.22. The van der Waals surface area contributed by atoms with Gasteiger partial charge in [-0.25, -0.2) is 9.97 Å². The standard InChI is InChI=1S/C16H17N3O2S/c1-9-7-12-15(17-10(2)18-16(12)22-9)19-11-5-6-13(20-3)14(8-11)21-4/h5-8H,1-4H3,(H,17,18,19). The van der Waals surface area contributed by atoms with Crippen molar-refractivity contribution in [2.24, 2.45) is 0 Å². The van der Waals surface area contributed by atoms with Crippen molar-refractivity contribution >= 4 is 33.1 Å². The Labute approximate surface area is 132 Å². The molecule has 1 N–H and O–H groups in total. The molecule has 3 rings (SSSR count). The van der Waals surface area contributed by atoms with Crippen molar-refractivity contribution in [1.29, 1.82) is 0 Å². The summed E-state index contributed by atoms with van der Waals surface area (Å²) in [5, 5.41) is 4.38. The fourth-order valence-electron chi connectivity index (χ4n) is 2.29. The van der Waals surface area contributed by atoms with Gasteiger partial charge in [0.1, 0.15) is 16.5 Å². The molecule has 2 heterocycles. The molecule has 2 aromatic heterocycles. The second-order valence-electron chi connectivity index (χ2n) is 4.89. The normalized spacial score (nSPS) is 10.7. The van der Waals surface area contributed by atoms with Gasteiger partial charge < -0.3 is 14.8 Å². The number of methoxy groups -OCH3 is 2. The Bertz CT molecular complexity index is 830. The molecule has 0 bridgehead atoms. The van der Waals surface area contributed by atoms with Crippen LogP contribution in [0.25, 0.3) is 10.2 Å². The smallest absolute Gasteiger partial charge is 0.162 e. The predicted octanol–water partition coefficient (Wildman–Crippen LogP) is 4.07. The summed E-state index contributed by atoms with van der Waals surface area (Å²) in [6.07, 6.45) is 0. The van der Waals surface area contributed by atoms with Gasteiger partial charge >= 0.3 is 0 Å². The molecule has 0 aliphatic rings. The van der Waals surface area contributed by atoms with Gasteiger partial charge in [0, 0.05) is 16.6 Å². The van der Waals surface area contributed by atoms with Crippen LogP contribution < -0.4 is 14.8 Å². The molecule has 0 spiro atoms. The molecule has 114 valence electrons. The lowest BCUT2D eigenvalue weighted by molar-refractivity contribution is 0.355. The third-order valence-electron chi connectivity index (χ3n) is 3.27. The van der Waals surface area contributed by atoms with E-state index in [4.69, 9.17) is 9.47 Å². The van der Waals surface area contributed by atoms with Crippen LogP contribution in [0.3, 0.4) is 0 Å². The molecule has 22 heavy (non-hydrogen) atoms. The van der Waals surface area contributed by atoms with Gasteiger partial charge in [-0.2, -0.15) is 0 Å². The monoisotopic (exact) mass is 315 g/mol. The minimum Gasteiger partial charge on any atom is -0.493 e. The second-order valence-corrected chi connectivity index (χ2v) is 6.12. The minimum atomic E-state index is 0.677. The Morgan fingerprint density at radius 3 is 2.50 bits per heavy atom. The summed E-state index contributed by atoms with van der Waals surface area (Å²) >= 11 is 1.67. The predicted molar refractivity (Wildman–Crippen MR) is 89.7 cm³/mol. The van der Waals surface area contributed by atoms with Gasteiger partial charge in [0.15, 0.2) is 11.5 Å². The van der Waals surface area contributed by atoms with Crippen molar-refractivity contribution in [3.8, 4) is 11.5 Å². The van der Waals surface area contributed by atoms with Crippen LogP contribution >= 0.6 is 11.3 Å². The molecule has 0 saturated carbocycles. The topological polar surface area (TPSA) is 56.3 Å². The van der Waals surface area contributed by atoms with E-state index in [9.17, 15) is 0 Å². The lowest BCUT2D eigenvalue weighted by Gasteiger charge is -2.11. The van der Waals surface area contributed by atoms with E-state index >= 15 is 0 Å². The summed E-state index contributed by atoms with van der Waals surface area (Å²) in [6, 6.07) is 7.79. The number of thiophene rings is 1. The molecule has 0 aliphatic carbocycles. The van der Waals surface area contributed by atoms with E-state index in [1.807, 2.05) is 25.1 Å². The molecule has 0 amide bonds. The number of hydrogen-bond acceptors (Lipinski definition) is 6. The number of nitrogens with one attached hydrogen (secondary N) is 1. The number of ether oxygens (including phenoxy) is 2. The zero-order valence-electron chi connectivity index (χ0n) is 12.9. The van der Waals surface area contributed by atoms with Crippen LogP contribution in [0, 0.1) is 13.8 Å². The zero-order chi connectivity index (χ0) is 15.7. The lowest BCUT2D eigenvalue weighted by Crippen LogP contribution is -1.98. The number of hydrogen-bond donors (Lipinski definition) is 1. The highest BCUT2D eigenvalue weighted by Gasteiger charge is 2.11. The summed E-state index contributed by atoms with van der Waals surface area (Å²) in [7, 11) is 3.24. The van der Waals surface area contributed by atoms with Crippen LogP contribution in [0.4, 0.5) is 11.5 Å². The number of aryl methyl sites for hydroxylation is 2. The van der Waals surface area contributed by atoms with Crippen molar-refractivity contribution in [1.82, 2.24) is 9.97 Å². The van der Waals surface area contributed by atoms with E-state index in [0.717, 1.165) is 27.5 Å². The van der Waals surface area contributed by atoms with Crippen LogP contribution in [0.2, 0.25) is 0 Å². The summed E-state index contributed by atoms with van der Waals surface area (Å²) in [4.78, 5) is 11.2. The van der Waals surface area contributed by atoms with Gasteiger partial charge in [-0.3, -0.25) is 0 Å². The maximum Gasteiger partial charge on any atom is 0.162 e. The van der Waals surface area contributed by atoms with E-state index in [0.29, 0.717) is 11.5 Å². The van der Waals surface area contributed by atoms with E-state index in [2.05, 4.69) is 28.3 Å². The highest BCUT2D eigenvalue weighted by Crippen LogP contribution is 2.33. The van der Waals surface area contributed by atoms with Gasteiger partial charge in [-0.15, -0.1) is 11.3 Å². The second kappa shape index (κ2) is 5.81. The molecule has 5 nitrogen and oxygen atoms in total. The molecular weight excluding hydrogens is 298 g/mol. The summed E-state index contributed by atoms with van der Waals surface area (Å²) in [5.74, 6) is 2.93. The first-order chi connectivity index (χ1) is 10.6. The molecule has 0 unspecified atom stereocenters. The van der Waals surface area contributed by atoms with Crippen molar-refractivity contribution < 1.29 is 9.47 Å². The maximum atomic E-state index is 5.33. The molecule has 0 aliphatic heterocycles. The van der Waals surface area contributed by atoms with Crippen LogP contribution in [-0.2, 0) is 0 Å². The lowest BCUT2D eigenvalue weighted by atomic mass is 10.2. The largest absolute Gasteiger partial charge is 0.493 e. The quantitative estimate of drug-likeness (QED) is 0.786. The minimum absolute atomic E-state index is 0.677. The Hall–Kier alpha value is -2.34. The number of anilines is 2. The Morgan fingerprint density at radius 1 is 1.00 bits per heavy atom. The zero-order valence-corrected chi connectivity index (χ0v) is 13.7. The fourth-order valence-corrected chi connectivity index (χ4v) is 3.22. The van der Waals surface area contributed by atoms with Crippen molar-refractivity contribution in [2.75, 3.05) is 19.5 Å². The van der Waals surface area contributed by atoms with Crippen LogP contribution in [-0.4, -0.2) is 24.2 Å². The average Bonchev–Trinajstić information content (AvgIpc) is 2.87. The van der Waals surface area contributed by atoms with Gasteiger partial charge in [-0.05, 0) is 32.0 Å². The van der Waals surface area contributed by atoms with E-state index in [1.165, 1.54) is 4.88 Å². The highest BCUT2D eigenvalue weighted by atomic mass is 32.1. The molecule has 0 fully saturated rings. The van der Waals surface area contributed by atoms with Crippen molar-refractivity contribution in [3.63, 3.8) is 0 Å². The summed E-state index contributed by atoms with van der Waals surface area (Å²) in [5.41, 5.74) is 0.890. The van der Waals surface area contributed by atoms with E-state index in [-0.39, 0.29) is 0 Å². The fraction of sp³-hybridized carbons (Fsp3) is 0.250. The van der Waals surface area contributed by atoms with Gasteiger partial charge in [0.05, 0.1) is 19.6 Å². The van der Waals surface area contributed by atoms with Crippen LogP contribution in [0.5, 0.6) is 11.5 Å². The van der Waals surface area contributed by atoms with Gasteiger partial charge in [0.2, 0.25) is 0 Å². The van der Waals surface area contributed by atoms with Gasteiger partial charge in [-0.1, -0.05) is 0 Å². The van der Waals surface area contributed by atoms with Crippen LogP contribution in [0.1, 0.15) is 10.7 Å². The van der Waals surface area contributed by atoms with Gasteiger partial charge in [0.25, 0.3) is 0 Å². The maximum absolute atomic E-state index is 5.33. The Balaban J connectivity index is 2.02. The van der Waals surface area contributed by atoms with Crippen molar-refractivity contribution in [2.45, 2.75) is 13.8 Å². The van der Waals surface area contributed by atoms with E-state index in [1.54, 1.807) is 25.6 Å². The number of aromatic nitrogens is 2. The Morgan fingerprint density at radius 2 is 1.77 bits per heavy atom. The number of nitrogens with zero attached hydrogens (tertiary/aromatic N) is 2. The molecule has 3 aromatic rings. The highest BCUT2D eigenvalue weighted by molar-refractivity contribution is 7.18. The molecule has 6 heteroatoms. The SMILES string of the molecule is COc1ccc(Nc2nc(C)nc3sc(C)cc23)cc1OC. The van der Waals surface area contributed by atoms with E-state index < -0.39 is 0 Å². The first kappa shape index (κ1) is 14.6. The molecule has 0 saturated heterocycles. The number of rotatable bonds is 4. The molecule has 0 atom stereocenters. The molecule has 0 radical (unpaired) electrons. The van der Waals surface area contributed by atoms with Crippen molar-refractivity contribution in [3.05, 3.63) is 35.0 Å². The first-order valence-electron chi connectivity index (χ1n) is 6.84. The summed E-state index contributed by atoms with van der Waals surface area (Å²) < 4.78 is 10.6. The average molecular weight is 315 g/mol. The summed E-state index contributed by atoms with van der Waals surface area (Å²) in [6.45, 7) is 3.97. The Kier molecular flexibility index (Phi) is 3.85. The molecule has 1 aromatic carbocycles.